The Morgan fingerprint density at radius 1 is 1.56 bits per heavy atom. The third kappa shape index (κ3) is 2.53. The van der Waals surface area contributed by atoms with E-state index >= 15 is 0 Å². The van der Waals surface area contributed by atoms with E-state index in [0.29, 0.717) is 13.0 Å². The first kappa shape index (κ1) is 11.4. The van der Waals surface area contributed by atoms with Crippen molar-refractivity contribution in [3.05, 3.63) is 0 Å². The van der Waals surface area contributed by atoms with E-state index in [1.165, 1.54) is 12.8 Å². The largest absolute Gasteiger partial charge is 0.340 e. The van der Waals surface area contributed by atoms with Crippen LogP contribution in [0.2, 0.25) is 0 Å². The van der Waals surface area contributed by atoms with E-state index in [4.69, 9.17) is 5.26 Å². The molecule has 0 bridgehead atoms. The van der Waals surface area contributed by atoms with Crippen LogP contribution in [0, 0.1) is 17.2 Å². The average molecular weight is 221 g/mol. The van der Waals surface area contributed by atoms with Crippen LogP contribution in [0.3, 0.4) is 0 Å². The molecule has 0 N–H and O–H groups in total. The summed E-state index contributed by atoms with van der Waals surface area (Å²) in [6, 6.07) is 2.94. The average Bonchev–Trinajstić information content (AvgIpc) is 3.05. The summed E-state index contributed by atoms with van der Waals surface area (Å²) in [5, 5.41) is 8.78. The van der Waals surface area contributed by atoms with Gasteiger partial charge < -0.3 is 4.90 Å². The molecule has 2 fully saturated rings. The Kier molecular flexibility index (Phi) is 3.45. The lowest BCUT2D eigenvalue weighted by atomic mass is 10.1. The number of amides is 1. The number of hydrogen-bond acceptors (Lipinski definition) is 3. The highest BCUT2D eigenvalue weighted by atomic mass is 16.2. The van der Waals surface area contributed by atoms with Gasteiger partial charge in [-0.1, -0.05) is 6.92 Å². The van der Waals surface area contributed by atoms with E-state index < -0.39 is 0 Å². The zero-order chi connectivity index (χ0) is 11.5. The first-order chi connectivity index (χ1) is 7.74. The summed E-state index contributed by atoms with van der Waals surface area (Å²) in [6.45, 7) is 5.63. The molecule has 1 aliphatic heterocycles. The van der Waals surface area contributed by atoms with E-state index in [0.717, 1.165) is 25.7 Å². The fourth-order valence-corrected chi connectivity index (χ4v) is 2.36. The molecule has 0 spiro atoms. The number of likely N-dealkylation sites (N-methyl/N-ethyl adjacent to an activating group) is 1. The van der Waals surface area contributed by atoms with Crippen molar-refractivity contribution in [1.29, 1.82) is 5.26 Å². The van der Waals surface area contributed by atoms with Crippen LogP contribution in [-0.2, 0) is 4.79 Å². The molecular weight excluding hydrogens is 202 g/mol. The predicted molar refractivity (Wildman–Crippen MR) is 60.6 cm³/mol. The third-order valence-corrected chi connectivity index (χ3v) is 3.52. The molecule has 0 radical (unpaired) electrons. The lowest BCUT2D eigenvalue weighted by Gasteiger charge is -2.23. The zero-order valence-electron chi connectivity index (χ0n) is 9.85. The van der Waals surface area contributed by atoms with Crippen molar-refractivity contribution in [2.24, 2.45) is 5.92 Å². The minimum atomic E-state index is -0.0801. The van der Waals surface area contributed by atoms with Gasteiger partial charge in [-0.05, 0) is 19.4 Å². The minimum Gasteiger partial charge on any atom is -0.340 e. The number of nitrogens with zero attached hydrogens (tertiary/aromatic N) is 3. The maximum absolute atomic E-state index is 11.6. The smallest absolute Gasteiger partial charge is 0.224 e. The fourth-order valence-electron chi connectivity index (χ4n) is 2.36. The summed E-state index contributed by atoms with van der Waals surface area (Å²) in [7, 11) is 0. The van der Waals surface area contributed by atoms with Crippen LogP contribution >= 0.6 is 0 Å². The first-order valence-electron chi connectivity index (χ1n) is 6.16. The van der Waals surface area contributed by atoms with Crippen molar-refractivity contribution in [3.63, 3.8) is 0 Å². The second-order valence-electron chi connectivity index (χ2n) is 4.73. The van der Waals surface area contributed by atoms with Gasteiger partial charge in [0, 0.05) is 32.1 Å². The second-order valence-corrected chi connectivity index (χ2v) is 4.73. The van der Waals surface area contributed by atoms with E-state index in [-0.39, 0.29) is 11.8 Å². The number of nitriles is 1. The van der Waals surface area contributed by atoms with Gasteiger partial charge in [0.1, 0.15) is 0 Å². The van der Waals surface area contributed by atoms with Crippen LogP contribution in [0.5, 0.6) is 0 Å². The van der Waals surface area contributed by atoms with Gasteiger partial charge in [0.05, 0.1) is 12.0 Å². The summed E-state index contributed by atoms with van der Waals surface area (Å²) in [5.41, 5.74) is 0. The molecule has 1 unspecified atom stereocenters. The van der Waals surface area contributed by atoms with Crippen molar-refractivity contribution in [2.75, 3.05) is 26.2 Å². The Balaban J connectivity index is 1.77. The van der Waals surface area contributed by atoms with Crippen LogP contribution in [0.1, 0.15) is 26.2 Å². The molecule has 1 heterocycles. The maximum atomic E-state index is 11.6. The van der Waals surface area contributed by atoms with Gasteiger partial charge in [0.2, 0.25) is 5.91 Å². The molecule has 1 saturated carbocycles. The molecular formula is C12H19N3O. The third-order valence-electron chi connectivity index (χ3n) is 3.52. The molecule has 88 valence electrons. The normalized spacial score (nSPS) is 25.2. The standard InChI is InChI=1S/C12H19N3O/c1-2-14(11-3-4-11)5-6-15-9-10(8-13)7-12(15)16/h10-11H,2-7,9H2,1H3. The van der Waals surface area contributed by atoms with Gasteiger partial charge >= 0.3 is 0 Å². The van der Waals surface area contributed by atoms with E-state index in [9.17, 15) is 4.79 Å². The monoisotopic (exact) mass is 221 g/mol. The highest BCUT2D eigenvalue weighted by molar-refractivity contribution is 5.79. The number of rotatable bonds is 5. The Morgan fingerprint density at radius 2 is 2.31 bits per heavy atom. The van der Waals surface area contributed by atoms with Crippen molar-refractivity contribution >= 4 is 5.91 Å². The van der Waals surface area contributed by atoms with Gasteiger partial charge in [-0.25, -0.2) is 0 Å². The number of carbonyl (C=O) groups excluding carboxylic acids is 1. The molecule has 0 aromatic carbocycles. The number of hydrogen-bond donors (Lipinski definition) is 0. The van der Waals surface area contributed by atoms with Crippen molar-refractivity contribution < 1.29 is 4.79 Å². The lowest BCUT2D eigenvalue weighted by molar-refractivity contribution is -0.127. The molecule has 2 rings (SSSR count). The molecule has 4 heteroatoms. The van der Waals surface area contributed by atoms with Gasteiger partial charge in [-0.2, -0.15) is 5.26 Å². The van der Waals surface area contributed by atoms with Gasteiger partial charge in [0.25, 0.3) is 0 Å². The maximum Gasteiger partial charge on any atom is 0.224 e. The first-order valence-corrected chi connectivity index (χ1v) is 6.16. The Hall–Kier alpha value is -1.08. The molecule has 1 saturated heterocycles. The molecule has 0 aromatic heterocycles. The van der Waals surface area contributed by atoms with Gasteiger partial charge in [-0.3, -0.25) is 9.69 Å². The molecule has 2 aliphatic rings. The van der Waals surface area contributed by atoms with Crippen molar-refractivity contribution in [2.45, 2.75) is 32.2 Å². The van der Waals surface area contributed by atoms with E-state index in [1.807, 2.05) is 4.90 Å². The minimum absolute atomic E-state index is 0.0801. The topological polar surface area (TPSA) is 47.3 Å². The van der Waals surface area contributed by atoms with Crippen LogP contribution < -0.4 is 0 Å². The Morgan fingerprint density at radius 3 is 2.81 bits per heavy atom. The number of carbonyl (C=O) groups is 1. The van der Waals surface area contributed by atoms with E-state index in [2.05, 4.69) is 17.9 Å². The van der Waals surface area contributed by atoms with Crippen LogP contribution in [0.15, 0.2) is 0 Å². The van der Waals surface area contributed by atoms with E-state index in [1.54, 1.807) is 0 Å². The predicted octanol–water partition coefficient (Wildman–Crippen LogP) is 0.843. The molecule has 16 heavy (non-hydrogen) atoms. The van der Waals surface area contributed by atoms with Crippen LogP contribution in [-0.4, -0.2) is 47.9 Å². The van der Waals surface area contributed by atoms with Gasteiger partial charge in [-0.15, -0.1) is 0 Å². The summed E-state index contributed by atoms with van der Waals surface area (Å²) in [4.78, 5) is 15.9. The summed E-state index contributed by atoms with van der Waals surface area (Å²) in [6.07, 6.45) is 3.04. The Bertz CT molecular complexity index is 306. The molecule has 1 amide bonds. The SMILES string of the molecule is CCN(CCN1CC(C#N)CC1=O)C1CC1. The summed E-state index contributed by atoms with van der Waals surface area (Å²) >= 11 is 0. The Labute approximate surface area is 96.8 Å². The van der Waals surface area contributed by atoms with Gasteiger partial charge in [0.15, 0.2) is 0 Å². The summed E-state index contributed by atoms with van der Waals surface area (Å²) < 4.78 is 0. The molecule has 1 atom stereocenters. The molecule has 4 nitrogen and oxygen atoms in total. The molecule has 1 aliphatic carbocycles. The van der Waals surface area contributed by atoms with Crippen molar-refractivity contribution in [1.82, 2.24) is 9.80 Å². The summed E-state index contributed by atoms with van der Waals surface area (Å²) in [5.74, 6) is 0.0712. The zero-order valence-corrected chi connectivity index (χ0v) is 9.85. The lowest BCUT2D eigenvalue weighted by Crippen LogP contribution is -2.37. The van der Waals surface area contributed by atoms with Crippen LogP contribution in [0.25, 0.3) is 0 Å². The second kappa shape index (κ2) is 4.84. The quantitative estimate of drug-likeness (QED) is 0.691. The highest BCUT2D eigenvalue weighted by Gasteiger charge is 2.31. The molecule has 0 aromatic rings. The fraction of sp³-hybridized carbons (Fsp3) is 0.833. The number of likely N-dealkylation sites (tertiary alicyclic amines) is 1. The van der Waals surface area contributed by atoms with Crippen molar-refractivity contribution in [3.8, 4) is 6.07 Å². The van der Waals surface area contributed by atoms with Crippen LogP contribution in [0.4, 0.5) is 0 Å². The highest BCUT2D eigenvalue weighted by Crippen LogP contribution is 2.26.